The molecule has 3 aromatic carbocycles. The van der Waals surface area contributed by atoms with Crippen molar-refractivity contribution in [1.29, 1.82) is 0 Å². The topological polar surface area (TPSA) is 0 Å². The molecule has 0 saturated heterocycles. The monoisotopic (exact) mass is 456 g/mol. The second-order valence-corrected chi connectivity index (χ2v) is 6.72. The minimum Gasteiger partial charge on any atom is -0.203 e. The van der Waals surface area contributed by atoms with Gasteiger partial charge in [0.05, 0.1) is 3.57 Å². The highest BCUT2D eigenvalue weighted by molar-refractivity contribution is 14.1. The van der Waals surface area contributed by atoms with Crippen LogP contribution in [0.4, 0.5) is 17.6 Å². The summed E-state index contributed by atoms with van der Waals surface area (Å²) >= 11 is 1.72. The molecule has 128 valence electrons. The molecule has 0 atom stereocenters. The van der Waals surface area contributed by atoms with Crippen LogP contribution in [0.15, 0.2) is 48.5 Å². The van der Waals surface area contributed by atoms with Gasteiger partial charge in [-0.3, -0.25) is 0 Å². The molecule has 5 heteroatoms. The molecule has 0 aromatic heterocycles. The maximum Gasteiger partial charge on any atom is 0.172 e. The number of hydrogen-bond acceptors (Lipinski definition) is 0. The Morgan fingerprint density at radius 1 is 0.640 bits per heavy atom. The zero-order chi connectivity index (χ0) is 18.1. The molecule has 0 saturated carbocycles. The Bertz CT molecular complexity index is 933. The molecule has 0 aliphatic rings. The molecule has 0 nitrogen and oxygen atoms in total. The normalized spacial score (nSPS) is 11.0. The van der Waals surface area contributed by atoms with Crippen molar-refractivity contribution in [3.05, 3.63) is 80.9 Å². The van der Waals surface area contributed by atoms with Crippen molar-refractivity contribution in [2.75, 3.05) is 0 Å². The Morgan fingerprint density at radius 3 is 1.64 bits per heavy atom. The van der Waals surface area contributed by atoms with Crippen LogP contribution in [0.3, 0.4) is 0 Å². The SMILES string of the molecule is CCc1ccc(-c2ccc(-c3ccc(I)c(F)c3F)cc2)c(F)c1F. The lowest BCUT2D eigenvalue weighted by Crippen LogP contribution is -1.96. The van der Waals surface area contributed by atoms with Crippen molar-refractivity contribution in [1.82, 2.24) is 0 Å². The molecule has 0 bridgehead atoms. The largest absolute Gasteiger partial charge is 0.203 e. The molecule has 0 spiro atoms. The Kier molecular flexibility index (Phi) is 5.13. The Balaban J connectivity index is 2.02. The van der Waals surface area contributed by atoms with E-state index in [9.17, 15) is 17.6 Å². The first-order valence-electron chi connectivity index (χ1n) is 7.65. The predicted octanol–water partition coefficient (Wildman–Crippen LogP) is 6.74. The summed E-state index contributed by atoms with van der Waals surface area (Å²) < 4.78 is 56.2. The van der Waals surface area contributed by atoms with Crippen molar-refractivity contribution in [2.45, 2.75) is 13.3 Å². The van der Waals surface area contributed by atoms with Crippen LogP contribution < -0.4 is 0 Å². The van der Waals surface area contributed by atoms with E-state index in [4.69, 9.17) is 0 Å². The summed E-state index contributed by atoms with van der Waals surface area (Å²) in [5.41, 5.74) is 1.50. The summed E-state index contributed by atoms with van der Waals surface area (Å²) in [4.78, 5) is 0. The van der Waals surface area contributed by atoms with Gasteiger partial charge in [0, 0.05) is 11.1 Å². The van der Waals surface area contributed by atoms with Crippen molar-refractivity contribution in [2.24, 2.45) is 0 Å². The number of aryl methyl sites for hydroxylation is 1. The zero-order valence-electron chi connectivity index (χ0n) is 13.2. The fraction of sp³-hybridized carbons (Fsp3) is 0.100. The third kappa shape index (κ3) is 3.29. The van der Waals surface area contributed by atoms with Crippen LogP contribution in [-0.4, -0.2) is 0 Å². The number of halogens is 5. The minimum absolute atomic E-state index is 0.123. The molecule has 3 aromatic rings. The van der Waals surface area contributed by atoms with Gasteiger partial charge in [0.1, 0.15) is 0 Å². The summed E-state index contributed by atoms with van der Waals surface area (Å²) in [6, 6.07) is 12.3. The van der Waals surface area contributed by atoms with Crippen molar-refractivity contribution >= 4 is 22.6 Å². The van der Waals surface area contributed by atoms with Crippen LogP contribution >= 0.6 is 22.6 Å². The number of hydrogen-bond donors (Lipinski definition) is 0. The fourth-order valence-corrected chi connectivity index (χ4v) is 3.08. The van der Waals surface area contributed by atoms with Crippen LogP contribution in [-0.2, 0) is 6.42 Å². The lowest BCUT2D eigenvalue weighted by molar-refractivity contribution is 0.502. The third-order valence-electron chi connectivity index (χ3n) is 4.09. The van der Waals surface area contributed by atoms with Gasteiger partial charge in [0.15, 0.2) is 23.3 Å². The first-order chi connectivity index (χ1) is 11.9. The zero-order valence-corrected chi connectivity index (χ0v) is 15.4. The van der Waals surface area contributed by atoms with Gasteiger partial charge in [0.25, 0.3) is 0 Å². The highest BCUT2D eigenvalue weighted by atomic mass is 127. The van der Waals surface area contributed by atoms with Gasteiger partial charge in [-0.2, -0.15) is 0 Å². The number of benzene rings is 3. The van der Waals surface area contributed by atoms with Crippen LogP contribution in [0.5, 0.6) is 0 Å². The highest BCUT2D eigenvalue weighted by Crippen LogP contribution is 2.31. The minimum atomic E-state index is -0.927. The van der Waals surface area contributed by atoms with Crippen LogP contribution in [0.25, 0.3) is 22.3 Å². The van der Waals surface area contributed by atoms with Gasteiger partial charge in [-0.05, 0) is 51.8 Å². The van der Waals surface area contributed by atoms with Gasteiger partial charge < -0.3 is 0 Å². The summed E-state index contributed by atoms with van der Waals surface area (Å²) in [7, 11) is 0. The van der Waals surface area contributed by atoms with Crippen LogP contribution in [0.2, 0.25) is 0 Å². The molecule has 0 fully saturated rings. The third-order valence-corrected chi connectivity index (χ3v) is 4.92. The Hall–Kier alpha value is -1.89. The first kappa shape index (κ1) is 17.9. The van der Waals surface area contributed by atoms with Crippen molar-refractivity contribution in [3.8, 4) is 22.3 Å². The highest BCUT2D eigenvalue weighted by Gasteiger charge is 2.16. The quantitative estimate of drug-likeness (QED) is 0.233. The average Bonchev–Trinajstić information content (AvgIpc) is 2.62. The lowest BCUT2D eigenvalue weighted by Gasteiger charge is -2.10. The van der Waals surface area contributed by atoms with E-state index < -0.39 is 23.3 Å². The van der Waals surface area contributed by atoms with Crippen LogP contribution in [0, 0.1) is 26.8 Å². The molecular formula is C20H13F4I. The Labute approximate surface area is 156 Å². The van der Waals surface area contributed by atoms with E-state index in [2.05, 4.69) is 0 Å². The smallest absolute Gasteiger partial charge is 0.172 e. The van der Waals surface area contributed by atoms with E-state index in [1.54, 1.807) is 59.8 Å². The summed E-state index contributed by atoms with van der Waals surface area (Å²) in [6.07, 6.45) is 0.402. The maximum atomic E-state index is 14.2. The van der Waals surface area contributed by atoms with E-state index in [1.165, 1.54) is 18.2 Å². The molecule has 0 N–H and O–H groups in total. The van der Waals surface area contributed by atoms with Crippen LogP contribution in [0.1, 0.15) is 12.5 Å². The number of rotatable bonds is 3. The van der Waals surface area contributed by atoms with E-state index in [0.29, 0.717) is 23.1 Å². The molecule has 0 aliphatic carbocycles. The molecular weight excluding hydrogens is 443 g/mol. The second kappa shape index (κ2) is 7.15. The summed E-state index contributed by atoms with van der Waals surface area (Å²) in [5.74, 6) is -3.58. The van der Waals surface area contributed by atoms with E-state index in [1.807, 2.05) is 0 Å². The second-order valence-electron chi connectivity index (χ2n) is 5.55. The molecule has 25 heavy (non-hydrogen) atoms. The van der Waals surface area contributed by atoms with E-state index in [-0.39, 0.29) is 14.7 Å². The van der Waals surface area contributed by atoms with Gasteiger partial charge in [0.2, 0.25) is 0 Å². The maximum absolute atomic E-state index is 14.2. The van der Waals surface area contributed by atoms with Gasteiger partial charge in [-0.25, -0.2) is 17.6 Å². The van der Waals surface area contributed by atoms with Gasteiger partial charge >= 0.3 is 0 Å². The average molecular weight is 456 g/mol. The standard InChI is InChI=1S/C20H13F4I/c1-2-11-7-8-14(18(22)17(11)21)12-3-5-13(6-4-12)15-9-10-16(25)20(24)19(15)23/h3-10H,2H2,1H3. The molecule has 0 heterocycles. The lowest BCUT2D eigenvalue weighted by atomic mass is 9.98. The van der Waals surface area contributed by atoms with Gasteiger partial charge in [-0.15, -0.1) is 0 Å². The molecule has 0 unspecified atom stereocenters. The molecule has 3 rings (SSSR count). The first-order valence-corrected chi connectivity index (χ1v) is 8.73. The predicted molar refractivity (Wildman–Crippen MR) is 99.2 cm³/mol. The van der Waals surface area contributed by atoms with Crippen molar-refractivity contribution < 1.29 is 17.6 Å². The summed E-state index contributed by atoms with van der Waals surface area (Å²) in [5, 5.41) is 0. The van der Waals surface area contributed by atoms with Gasteiger partial charge in [-0.1, -0.05) is 49.4 Å². The van der Waals surface area contributed by atoms with E-state index in [0.717, 1.165) is 0 Å². The molecule has 0 amide bonds. The molecule has 0 radical (unpaired) electrons. The molecule has 0 aliphatic heterocycles. The van der Waals surface area contributed by atoms with E-state index >= 15 is 0 Å². The fourth-order valence-electron chi connectivity index (χ4n) is 2.66. The summed E-state index contributed by atoms with van der Waals surface area (Å²) in [6.45, 7) is 1.75. The Morgan fingerprint density at radius 2 is 1.12 bits per heavy atom. The van der Waals surface area contributed by atoms with Crippen molar-refractivity contribution in [3.63, 3.8) is 0 Å².